The zero-order chi connectivity index (χ0) is 14.7. The molecule has 1 saturated carbocycles. The van der Waals surface area contributed by atoms with Gasteiger partial charge in [-0.1, -0.05) is 0 Å². The predicted molar refractivity (Wildman–Crippen MR) is 76.3 cm³/mol. The predicted octanol–water partition coefficient (Wildman–Crippen LogP) is 1.74. The first-order valence-corrected chi connectivity index (χ1v) is 6.85. The summed E-state index contributed by atoms with van der Waals surface area (Å²) in [5, 5.41) is 0. The highest BCUT2D eigenvalue weighted by molar-refractivity contribution is 5.97. The van der Waals surface area contributed by atoms with Gasteiger partial charge in [0, 0.05) is 17.3 Å². The van der Waals surface area contributed by atoms with Gasteiger partial charge in [-0.2, -0.15) is 0 Å². The van der Waals surface area contributed by atoms with Gasteiger partial charge in [-0.25, -0.2) is 0 Å². The molecule has 0 atom stereocenters. The molecule has 5 heteroatoms. The lowest BCUT2D eigenvalue weighted by atomic mass is 10.1. The van der Waals surface area contributed by atoms with Crippen molar-refractivity contribution >= 4 is 17.6 Å². The summed E-state index contributed by atoms with van der Waals surface area (Å²) in [6.45, 7) is 3.96. The molecule has 0 radical (unpaired) electrons. The molecule has 5 nitrogen and oxygen atoms in total. The number of anilines is 1. The van der Waals surface area contributed by atoms with Gasteiger partial charge < -0.3 is 15.4 Å². The van der Waals surface area contributed by atoms with Crippen molar-refractivity contribution in [2.45, 2.75) is 32.7 Å². The summed E-state index contributed by atoms with van der Waals surface area (Å²) in [6.07, 6.45) is 1.89. The first-order valence-electron chi connectivity index (χ1n) is 6.85. The van der Waals surface area contributed by atoms with Crippen LogP contribution in [-0.4, -0.2) is 36.0 Å². The molecular weight excluding hydrogens is 256 g/mol. The highest BCUT2D eigenvalue weighted by Crippen LogP contribution is 2.28. The molecule has 0 spiro atoms. The van der Waals surface area contributed by atoms with E-state index in [1.807, 2.05) is 6.92 Å². The molecule has 1 aliphatic carbocycles. The summed E-state index contributed by atoms with van der Waals surface area (Å²) in [5.41, 5.74) is 7.84. The molecule has 108 valence electrons. The second-order valence-corrected chi connectivity index (χ2v) is 5.04. The minimum absolute atomic E-state index is 0.0146. The number of carbonyl (C=O) groups is 2. The molecule has 20 heavy (non-hydrogen) atoms. The van der Waals surface area contributed by atoms with Crippen molar-refractivity contribution in [3.05, 3.63) is 29.3 Å². The Morgan fingerprint density at radius 1 is 1.40 bits per heavy atom. The van der Waals surface area contributed by atoms with Crippen molar-refractivity contribution in [2.24, 2.45) is 0 Å². The Hall–Kier alpha value is -2.04. The van der Waals surface area contributed by atoms with Gasteiger partial charge in [0.25, 0.3) is 5.91 Å². The molecule has 1 aliphatic rings. The molecule has 1 aromatic rings. The summed E-state index contributed by atoms with van der Waals surface area (Å²) >= 11 is 0. The summed E-state index contributed by atoms with van der Waals surface area (Å²) in [6, 6.07) is 5.34. The second-order valence-electron chi connectivity index (χ2n) is 5.04. The fraction of sp³-hybridized carbons (Fsp3) is 0.467. The van der Waals surface area contributed by atoms with Gasteiger partial charge in [0.2, 0.25) is 0 Å². The molecule has 0 saturated heterocycles. The van der Waals surface area contributed by atoms with Gasteiger partial charge >= 0.3 is 5.97 Å². The van der Waals surface area contributed by atoms with E-state index in [2.05, 4.69) is 0 Å². The summed E-state index contributed by atoms with van der Waals surface area (Å²) < 4.78 is 4.93. The molecular formula is C15H20N2O3. The van der Waals surface area contributed by atoms with E-state index in [-0.39, 0.29) is 24.5 Å². The first kappa shape index (κ1) is 14.4. The van der Waals surface area contributed by atoms with Gasteiger partial charge in [-0.05, 0) is 50.5 Å². The minimum atomic E-state index is -0.361. The van der Waals surface area contributed by atoms with Gasteiger partial charge in [-0.3, -0.25) is 9.59 Å². The van der Waals surface area contributed by atoms with Crippen molar-refractivity contribution in [1.82, 2.24) is 4.90 Å². The molecule has 0 bridgehead atoms. The third-order valence-corrected chi connectivity index (χ3v) is 3.37. The number of hydrogen-bond donors (Lipinski definition) is 1. The van der Waals surface area contributed by atoms with Crippen LogP contribution in [0.5, 0.6) is 0 Å². The number of esters is 1. The zero-order valence-corrected chi connectivity index (χ0v) is 11.9. The Balaban J connectivity index is 2.14. The highest BCUT2D eigenvalue weighted by atomic mass is 16.5. The number of nitrogen functional groups attached to an aromatic ring is 1. The number of benzene rings is 1. The Morgan fingerprint density at radius 2 is 2.10 bits per heavy atom. The average molecular weight is 276 g/mol. The normalized spacial score (nSPS) is 13.9. The van der Waals surface area contributed by atoms with Gasteiger partial charge in [0.15, 0.2) is 0 Å². The molecule has 2 rings (SSSR count). The maximum atomic E-state index is 12.5. The third-order valence-electron chi connectivity index (χ3n) is 3.37. The number of carbonyl (C=O) groups excluding carboxylic acids is 2. The van der Waals surface area contributed by atoms with Crippen molar-refractivity contribution in [3.8, 4) is 0 Å². The molecule has 1 fully saturated rings. The van der Waals surface area contributed by atoms with Crippen LogP contribution in [-0.2, 0) is 9.53 Å². The Kier molecular flexibility index (Phi) is 4.27. The maximum Gasteiger partial charge on any atom is 0.325 e. The van der Waals surface area contributed by atoms with Gasteiger partial charge in [-0.15, -0.1) is 0 Å². The number of nitrogens with two attached hydrogens (primary N) is 1. The maximum absolute atomic E-state index is 12.5. The van der Waals surface area contributed by atoms with Crippen LogP contribution in [0.25, 0.3) is 0 Å². The van der Waals surface area contributed by atoms with Crippen LogP contribution in [0.4, 0.5) is 5.69 Å². The van der Waals surface area contributed by atoms with E-state index in [4.69, 9.17) is 10.5 Å². The molecule has 1 amide bonds. The Morgan fingerprint density at radius 3 is 2.65 bits per heavy atom. The topological polar surface area (TPSA) is 72.6 Å². The fourth-order valence-corrected chi connectivity index (χ4v) is 2.07. The van der Waals surface area contributed by atoms with E-state index in [0.29, 0.717) is 17.9 Å². The van der Waals surface area contributed by atoms with Crippen molar-refractivity contribution < 1.29 is 14.3 Å². The molecule has 0 aliphatic heterocycles. The standard InChI is InChI=1S/C15H20N2O3/c1-3-20-14(18)9-17(12-5-6-12)15(19)11-4-7-13(16)10(2)8-11/h4,7-8,12H,3,5-6,9,16H2,1-2H3. The van der Waals surface area contributed by atoms with Crippen LogP contribution in [0.15, 0.2) is 18.2 Å². The number of amides is 1. The Bertz CT molecular complexity index is 524. The molecule has 0 heterocycles. The van der Waals surface area contributed by atoms with E-state index in [9.17, 15) is 9.59 Å². The smallest absolute Gasteiger partial charge is 0.325 e. The number of hydrogen-bond acceptors (Lipinski definition) is 4. The lowest BCUT2D eigenvalue weighted by molar-refractivity contribution is -0.144. The molecule has 0 aromatic heterocycles. The summed E-state index contributed by atoms with van der Waals surface area (Å²) in [5.74, 6) is -0.497. The van der Waals surface area contributed by atoms with Crippen LogP contribution in [0.1, 0.15) is 35.7 Å². The van der Waals surface area contributed by atoms with Crippen LogP contribution in [0, 0.1) is 6.92 Å². The molecule has 2 N–H and O–H groups in total. The lowest BCUT2D eigenvalue weighted by Crippen LogP contribution is -2.38. The lowest BCUT2D eigenvalue weighted by Gasteiger charge is -2.21. The van der Waals surface area contributed by atoms with Gasteiger partial charge in [0.05, 0.1) is 6.61 Å². The van der Waals surface area contributed by atoms with Crippen molar-refractivity contribution in [1.29, 1.82) is 0 Å². The molecule has 0 unspecified atom stereocenters. The Labute approximate surface area is 118 Å². The highest BCUT2D eigenvalue weighted by Gasteiger charge is 2.34. The van der Waals surface area contributed by atoms with E-state index >= 15 is 0 Å². The van der Waals surface area contributed by atoms with Crippen LogP contribution >= 0.6 is 0 Å². The van der Waals surface area contributed by atoms with E-state index in [0.717, 1.165) is 18.4 Å². The largest absolute Gasteiger partial charge is 0.465 e. The van der Waals surface area contributed by atoms with E-state index in [1.54, 1.807) is 30.0 Å². The number of nitrogens with zero attached hydrogens (tertiary/aromatic N) is 1. The molecule has 1 aromatic carbocycles. The number of ether oxygens (including phenoxy) is 1. The number of aryl methyl sites for hydroxylation is 1. The SMILES string of the molecule is CCOC(=O)CN(C(=O)c1ccc(N)c(C)c1)C1CC1. The van der Waals surface area contributed by atoms with E-state index in [1.165, 1.54) is 0 Å². The van der Waals surface area contributed by atoms with Gasteiger partial charge in [0.1, 0.15) is 6.54 Å². The van der Waals surface area contributed by atoms with Crippen molar-refractivity contribution in [2.75, 3.05) is 18.9 Å². The van der Waals surface area contributed by atoms with Crippen LogP contribution in [0.2, 0.25) is 0 Å². The van der Waals surface area contributed by atoms with E-state index < -0.39 is 0 Å². The third kappa shape index (κ3) is 3.29. The second kappa shape index (κ2) is 5.94. The van der Waals surface area contributed by atoms with Crippen LogP contribution < -0.4 is 5.73 Å². The summed E-state index contributed by atoms with van der Waals surface area (Å²) in [7, 11) is 0. The first-order chi connectivity index (χ1) is 9.52. The fourth-order valence-electron chi connectivity index (χ4n) is 2.07. The minimum Gasteiger partial charge on any atom is -0.465 e. The number of rotatable bonds is 5. The average Bonchev–Trinajstić information content (AvgIpc) is 3.23. The van der Waals surface area contributed by atoms with Crippen molar-refractivity contribution in [3.63, 3.8) is 0 Å². The zero-order valence-electron chi connectivity index (χ0n) is 11.9. The quantitative estimate of drug-likeness (QED) is 0.657. The van der Waals surface area contributed by atoms with Crippen LogP contribution in [0.3, 0.4) is 0 Å². The summed E-state index contributed by atoms with van der Waals surface area (Å²) in [4.78, 5) is 25.7. The monoisotopic (exact) mass is 276 g/mol.